The predicted octanol–water partition coefficient (Wildman–Crippen LogP) is 0.309. The first kappa shape index (κ1) is 17.6. The maximum absolute atomic E-state index is 12.9. The molecule has 0 spiro atoms. The summed E-state index contributed by atoms with van der Waals surface area (Å²) in [7, 11) is 1.73. The van der Waals surface area contributed by atoms with Gasteiger partial charge < -0.3 is 20.4 Å². The summed E-state index contributed by atoms with van der Waals surface area (Å²) in [4.78, 5) is 35.3. The van der Waals surface area contributed by atoms with Gasteiger partial charge in [0.05, 0.1) is 17.5 Å². The van der Waals surface area contributed by atoms with Crippen LogP contribution in [0.5, 0.6) is 0 Å². The van der Waals surface area contributed by atoms with E-state index in [-0.39, 0.29) is 29.4 Å². The number of thiazole rings is 1. The van der Waals surface area contributed by atoms with Gasteiger partial charge in [0.25, 0.3) is 0 Å². The number of hydrogen-bond acceptors (Lipinski definition) is 8. The summed E-state index contributed by atoms with van der Waals surface area (Å²) in [5, 5.41) is 25.6. The van der Waals surface area contributed by atoms with Crippen molar-refractivity contribution in [2.45, 2.75) is 12.1 Å². The molecule has 1 saturated heterocycles. The van der Waals surface area contributed by atoms with Crippen LogP contribution in [0.25, 0.3) is 16.2 Å². The Kier molecular flexibility index (Phi) is 4.38. The number of aromatic nitrogens is 3. The molecular weight excluding hydrogens is 370 g/mol. The molecular formula is C17H17N5O4S. The number of rotatable bonds is 4. The van der Waals surface area contributed by atoms with Crippen LogP contribution < -0.4 is 15.6 Å². The summed E-state index contributed by atoms with van der Waals surface area (Å²) in [6, 6.07) is 2.91. The molecule has 3 aromatic rings. The van der Waals surface area contributed by atoms with E-state index in [4.69, 9.17) is 0 Å². The number of aromatic carboxylic acids is 1. The van der Waals surface area contributed by atoms with E-state index in [1.807, 2.05) is 0 Å². The number of carboxylic acids is 1. The highest BCUT2D eigenvalue weighted by atomic mass is 32.1. The molecule has 4 rings (SSSR count). The lowest BCUT2D eigenvalue weighted by Crippen LogP contribution is -2.36. The Morgan fingerprint density at radius 3 is 2.78 bits per heavy atom. The molecule has 2 atom stereocenters. The lowest BCUT2D eigenvalue weighted by Gasteiger charge is -2.25. The number of fused-ring (bicyclic) bond motifs is 1. The normalized spacial score (nSPS) is 19.7. The predicted molar refractivity (Wildman–Crippen MR) is 101 cm³/mol. The minimum atomic E-state index is -1.33. The van der Waals surface area contributed by atoms with Crippen molar-refractivity contribution in [1.82, 2.24) is 19.9 Å². The first-order chi connectivity index (χ1) is 13.0. The number of likely N-dealkylation sites (N-methyl/N-ethyl adjacent to an activating group) is 1. The quantitative estimate of drug-likeness (QED) is 0.585. The third-order valence-electron chi connectivity index (χ3n) is 4.69. The Labute approximate surface area is 157 Å². The van der Waals surface area contributed by atoms with Crippen molar-refractivity contribution in [3.8, 4) is 5.13 Å². The maximum Gasteiger partial charge on any atom is 0.343 e. The average Bonchev–Trinajstić information content (AvgIpc) is 3.30. The molecule has 1 fully saturated rings. The van der Waals surface area contributed by atoms with Gasteiger partial charge in [0, 0.05) is 30.9 Å². The lowest BCUT2D eigenvalue weighted by molar-refractivity contribution is 0.0695. The van der Waals surface area contributed by atoms with Crippen LogP contribution in [0, 0.1) is 0 Å². The van der Waals surface area contributed by atoms with E-state index in [9.17, 15) is 19.8 Å². The van der Waals surface area contributed by atoms with E-state index >= 15 is 0 Å². The van der Waals surface area contributed by atoms with Crippen LogP contribution in [0.3, 0.4) is 0 Å². The standard InChI is InChI=1S/C17H17N5O4S/c1-18-10-7-21(8-11(10)23)15-12(16(25)26)13(24)9-3-2-4-19-14(9)22(15)17-20-5-6-27-17/h2-6,10-11,18,23H,7-8H2,1H3,(H,25,26)/t10-,11-/m0/s1. The van der Waals surface area contributed by atoms with Gasteiger partial charge in [-0.15, -0.1) is 11.3 Å². The lowest BCUT2D eigenvalue weighted by atomic mass is 10.1. The van der Waals surface area contributed by atoms with Gasteiger partial charge in [-0.2, -0.15) is 0 Å². The van der Waals surface area contributed by atoms with Crippen molar-refractivity contribution in [1.29, 1.82) is 0 Å². The molecule has 9 nitrogen and oxygen atoms in total. The second-order valence-electron chi connectivity index (χ2n) is 6.23. The first-order valence-electron chi connectivity index (χ1n) is 8.30. The summed E-state index contributed by atoms with van der Waals surface area (Å²) >= 11 is 1.31. The van der Waals surface area contributed by atoms with E-state index in [0.717, 1.165) is 0 Å². The Morgan fingerprint density at radius 2 is 2.15 bits per heavy atom. The van der Waals surface area contributed by atoms with Crippen LogP contribution in [-0.2, 0) is 0 Å². The fourth-order valence-electron chi connectivity index (χ4n) is 3.44. The monoisotopic (exact) mass is 387 g/mol. The fraction of sp³-hybridized carbons (Fsp3) is 0.294. The summed E-state index contributed by atoms with van der Waals surface area (Å²) in [6.45, 7) is 0.538. The first-order valence-corrected chi connectivity index (χ1v) is 9.18. The average molecular weight is 387 g/mol. The van der Waals surface area contributed by atoms with Gasteiger partial charge in [-0.1, -0.05) is 0 Å². The zero-order valence-corrected chi connectivity index (χ0v) is 15.2. The van der Waals surface area contributed by atoms with Gasteiger partial charge >= 0.3 is 5.97 Å². The van der Waals surface area contributed by atoms with E-state index < -0.39 is 17.5 Å². The molecule has 0 amide bonds. The molecule has 0 aromatic carbocycles. The third-order valence-corrected chi connectivity index (χ3v) is 5.45. The highest BCUT2D eigenvalue weighted by Crippen LogP contribution is 2.31. The number of β-amino-alcohol motifs (C(OH)–C–C–N with tert-alkyl or cyclic N) is 1. The largest absolute Gasteiger partial charge is 0.477 e. The zero-order chi connectivity index (χ0) is 19.1. The molecule has 0 unspecified atom stereocenters. The van der Waals surface area contributed by atoms with Crippen molar-refractivity contribution >= 4 is 34.2 Å². The highest BCUT2D eigenvalue weighted by Gasteiger charge is 2.36. The van der Waals surface area contributed by atoms with Crippen LogP contribution >= 0.6 is 11.3 Å². The maximum atomic E-state index is 12.9. The molecule has 3 N–H and O–H groups in total. The number of nitrogens with one attached hydrogen (secondary N) is 1. The van der Waals surface area contributed by atoms with Crippen molar-refractivity contribution in [3.63, 3.8) is 0 Å². The van der Waals surface area contributed by atoms with Crippen LogP contribution in [0.1, 0.15) is 10.4 Å². The highest BCUT2D eigenvalue weighted by molar-refractivity contribution is 7.12. The zero-order valence-electron chi connectivity index (χ0n) is 14.4. The smallest absolute Gasteiger partial charge is 0.343 e. The number of hydrogen-bond donors (Lipinski definition) is 3. The topological polar surface area (TPSA) is 121 Å². The molecule has 0 saturated carbocycles. The molecule has 3 aromatic heterocycles. The third kappa shape index (κ3) is 2.78. The number of aliphatic hydroxyl groups is 1. The van der Waals surface area contributed by atoms with Crippen molar-refractivity contribution < 1.29 is 15.0 Å². The van der Waals surface area contributed by atoms with Crippen molar-refractivity contribution in [2.24, 2.45) is 0 Å². The van der Waals surface area contributed by atoms with Gasteiger partial charge in [0.1, 0.15) is 11.4 Å². The number of aliphatic hydroxyl groups excluding tert-OH is 1. The minimum absolute atomic E-state index is 0.186. The molecule has 0 aliphatic carbocycles. The van der Waals surface area contributed by atoms with Crippen LogP contribution in [0.4, 0.5) is 5.82 Å². The van der Waals surface area contributed by atoms with Crippen molar-refractivity contribution in [3.05, 3.63) is 45.7 Å². The van der Waals surface area contributed by atoms with Gasteiger partial charge in [-0.25, -0.2) is 14.8 Å². The Bertz CT molecular complexity index is 1070. The fourth-order valence-corrected chi connectivity index (χ4v) is 4.09. The Hall–Kier alpha value is -2.82. The Balaban J connectivity index is 2.09. The number of anilines is 1. The van der Waals surface area contributed by atoms with Crippen LogP contribution in [0.15, 0.2) is 34.7 Å². The number of carbonyl (C=O) groups is 1. The summed E-state index contributed by atoms with van der Waals surface area (Å²) in [5.41, 5.74) is -0.620. The molecule has 0 bridgehead atoms. The van der Waals surface area contributed by atoms with E-state index in [1.165, 1.54) is 11.3 Å². The molecule has 1 aliphatic rings. The molecule has 0 radical (unpaired) electrons. The minimum Gasteiger partial charge on any atom is -0.477 e. The molecule has 1 aliphatic heterocycles. The van der Waals surface area contributed by atoms with E-state index in [1.54, 1.807) is 46.4 Å². The van der Waals surface area contributed by atoms with Crippen LogP contribution in [-0.4, -0.2) is 63.0 Å². The summed E-state index contributed by atoms with van der Waals surface area (Å²) in [5.74, 6) is -1.14. The van der Waals surface area contributed by atoms with Crippen molar-refractivity contribution in [2.75, 3.05) is 25.0 Å². The van der Waals surface area contributed by atoms with Gasteiger partial charge in [0.15, 0.2) is 10.8 Å². The molecule has 4 heterocycles. The Morgan fingerprint density at radius 1 is 1.33 bits per heavy atom. The van der Waals surface area contributed by atoms with E-state index in [2.05, 4.69) is 15.3 Å². The number of nitrogens with zero attached hydrogens (tertiary/aromatic N) is 4. The van der Waals surface area contributed by atoms with E-state index in [0.29, 0.717) is 17.3 Å². The summed E-state index contributed by atoms with van der Waals surface area (Å²) in [6.07, 6.45) is 2.45. The SMILES string of the molecule is CN[C@H]1CN(c2c(C(=O)O)c(=O)c3cccnc3n2-c2nccs2)C[C@@H]1O. The second-order valence-corrected chi connectivity index (χ2v) is 7.10. The van der Waals surface area contributed by atoms with Gasteiger partial charge in [-0.3, -0.25) is 9.36 Å². The molecule has 27 heavy (non-hydrogen) atoms. The number of pyridine rings is 2. The molecule has 10 heteroatoms. The van der Waals surface area contributed by atoms with Crippen LogP contribution in [0.2, 0.25) is 0 Å². The number of carboxylic acid groups (broad SMARTS) is 1. The second kappa shape index (κ2) is 6.72. The molecule has 140 valence electrons. The summed E-state index contributed by atoms with van der Waals surface area (Å²) < 4.78 is 1.59. The van der Waals surface area contributed by atoms with Gasteiger partial charge in [-0.05, 0) is 19.2 Å². The van der Waals surface area contributed by atoms with Gasteiger partial charge in [0.2, 0.25) is 5.43 Å².